The third-order valence-corrected chi connectivity index (χ3v) is 2.49. The van der Waals surface area contributed by atoms with Crippen LogP contribution in [0.5, 0.6) is 0 Å². The molecule has 0 N–H and O–H groups in total. The number of carbonyl (C=O) groups excluding carboxylic acids is 2. The molecule has 0 radical (unpaired) electrons. The van der Waals surface area contributed by atoms with E-state index in [4.69, 9.17) is 0 Å². The van der Waals surface area contributed by atoms with Crippen LogP contribution in [0.25, 0.3) is 0 Å². The molecule has 0 unspecified atom stereocenters. The van der Waals surface area contributed by atoms with E-state index in [0.29, 0.717) is 6.42 Å². The maximum absolute atomic E-state index is 12.2. The lowest BCUT2D eigenvalue weighted by Gasteiger charge is -2.41. The first kappa shape index (κ1) is 15.9. The first-order chi connectivity index (χ1) is 7.73. The van der Waals surface area contributed by atoms with Crippen LogP contribution in [0, 0.1) is 5.92 Å². The molecule has 2 amide bonds. The van der Waals surface area contributed by atoms with E-state index < -0.39 is 0 Å². The van der Waals surface area contributed by atoms with Crippen molar-refractivity contribution in [1.29, 1.82) is 0 Å². The predicted molar refractivity (Wildman–Crippen MR) is 69.1 cm³/mol. The van der Waals surface area contributed by atoms with Gasteiger partial charge in [0.2, 0.25) is 11.8 Å². The van der Waals surface area contributed by atoms with Crippen molar-refractivity contribution >= 4 is 11.8 Å². The molecule has 0 aromatic rings. The van der Waals surface area contributed by atoms with Crippen molar-refractivity contribution in [3.05, 3.63) is 0 Å². The van der Waals surface area contributed by atoms with Gasteiger partial charge in [0.15, 0.2) is 0 Å². The maximum atomic E-state index is 12.2. The van der Waals surface area contributed by atoms with Crippen molar-refractivity contribution in [2.45, 2.75) is 67.0 Å². The number of carbonyl (C=O) groups is 2. The molecule has 100 valence electrons. The summed E-state index contributed by atoms with van der Waals surface area (Å²) in [5.41, 5.74) is 0. The van der Waals surface area contributed by atoms with Crippen molar-refractivity contribution in [2.24, 2.45) is 5.92 Å². The number of hydrazine groups is 1. The number of hydrogen-bond donors (Lipinski definition) is 0. The van der Waals surface area contributed by atoms with Crippen molar-refractivity contribution < 1.29 is 9.59 Å². The van der Waals surface area contributed by atoms with Crippen LogP contribution >= 0.6 is 0 Å². The third kappa shape index (κ3) is 4.02. The standard InChI is InChI=1S/C13H26N2O2/c1-8-12(16)14(10(4)5)15(11(6)7)13(17)9(2)3/h9-11H,8H2,1-7H3. The van der Waals surface area contributed by atoms with E-state index in [1.54, 1.807) is 10.0 Å². The molecule has 0 aliphatic rings. The highest BCUT2D eigenvalue weighted by Gasteiger charge is 2.30. The summed E-state index contributed by atoms with van der Waals surface area (Å²) < 4.78 is 0. The molecule has 4 heteroatoms. The molecule has 0 saturated carbocycles. The van der Waals surface area contributed by atoms with Gasteiger partial charge in [0.05, 0.1) is 0 Å². The van der Waals surface area contributed by atoms with Crippen LogP contribution in [-0.2, 0) is 9.59 Å². The van der Waals surface area contributed by atoms with Crippen LogP contribution in [0.2, 0.25) is 0 Å². The van der Waals surface area contributed by atoms with Crippen molar-refractivity contribution in [2.75, 3.05) is 0 Å². The van der Waals surface area contributed by atoms with Crippen LogP contribution in [0.3, 0.4) is 0 Å². The Morgan fingerprint density at radius 2 is 1.29 bits per heavy atom. The van der Waals surface area contributed by atoms with Crippen molar-refractivity contribution in [3.8, 4) is 0 Å². The number of rotatable bonds is 4. The van der Waals surface area contributed by atoms with Gasteiger partial charge in [0.25, 0.3) is 0 Å². The highest BCUT2D eigenvalue weighted by Crippen LogP contribution is 2.15. The summed E-state index contributed by atoms with van der Waals surface area (Å²) in [5.74, 6) is -0.124. The monoisotopic (exact) mass is 242 g/mol. The average molecular weight is 242 g/mol. The fourth-order valence-electron chi connectivity index (χ4n) is 1.69. The lowest BCUT2D eigenvalue weighted by atomic mass is 10.1. The Hall–Kier alpha value is -1.06. The van der Waals surface area contributed by atoms with Gasteiger partial charge in [-0.15, -0.1) is 0 Å². The summed E-state index contributed by atoms with van der Waals surface area (Å²) in [6.45, 7) is 13.2. The zero-order valence-electron chi connectivity index (χ0n) is 12.2. The summed E-state index contributed by atoms with van der Waals surface area (Å²) in [6, 6.07) is -0.0182. The minimum atomic E-state index is -0.108. The molecule has 0 atom stereocenters. The van der Waals surface area contributed by atoms with Gasteiger partial charge in [-0.25, -0.2) is 10.0 Å². The quantitative estimate of drug-likeness (QED) is 0.710. The SMILES string of the molecule is CCC(=O)N(C(C)C)N(C(=O)C(C)C)C(C)C. The minimum Gasteiger partial charge on any atom is -0.273 e. The largest absolute Gasteiger partial charge is 0.273 e. The lowest BCUT2D eigenvalue weighted by molar-refractivity contribution is -0.174. The van der Waals surface area contributed by atoms with E-state index >= 15 is 0 Å². The van der Waals surface area contributed by atoms with Gasteiger partial charge < -0.3 is 0 Å². The number of nitrogens with zero attached hydrogens (tertiary/aromatic N) is 2. The second-order valence-corrected chi connectivity index (χ2v) is 5.12. The molecule has 0 aromatic heterocycles. The summed E-state index contributed by atoms with van der Waals surface area (Å²) in [4.78, 5) is 24.1. The normalized spacial score (nSPS) is 11.2. The molecule has 0 aromatic carbocycles. The zero-order chi connectivity index (χ0) is 13.7. The van der Waals surface area contributed by atoms with Crippen LogP contribution < -0.4 is 0 Å². The van der Waals surface area contributed by atoms with E-state index in [-0.39, 0.29) is 29.8 Å². The molecule has 0 rings (SSSR count). The van der Waals surface area contributed by atoms with E-state index in [1.807, 2.05) is 48.5 Å². The Balaban J connectivity index is 5.25. The molecule has 0 aliphatic heterocycles. The van der Waals surface area contributed by atoms with Crippen LogP contribution in [0.1, 0.15) is 54.9 Å². The Labute approximate surface area is 105 Å². The summed E-state index contributed by atoms with van der Waals surface area (Å²) in [5, 5.41) is 3.19. The zero-order valence-corrected chi connectivity index (χ0v) is 12.2. The fourth-order valence-corrected chi connectivity index (χ4v) is 1.69. The van der Waals surface area contributed by atoms with E-state index in [2.05, 4.69) is 0 Å². The lowest BCUT2D eigenvalue weighted by Crippen LogP contribution is -2.56. The van der Waals surface area contributed by atoms with Crippen LogP contribution in [-0.4, -0.2) is 33.9 Å². The molecule has 0 fully saturated rings. The molecular formula is C13H26N2O2. The Morgan fingerprint density at radius 3 is 1.53 bits per heavy atom. The summed E-state index contributed by atoms with van der Waals surface area (Å²) in [7, 11) is 0. The molecule has 17 heavy (non-hydrogen) atoms. The predicted octanol–water partition coefficient (Wildman–Crippen LogP) is 2.44. The summed E-state index contributed by atoms with van der Waals surface area (Å²) in [6.07, 6.45) is 0.409. The third-order valence-electron chi connectivity index (χ3n) is 2.49. The van der Waals surface area contributed by atoms with Crippen LogP contribution in [0.4, 0.5) is 0 Å². The highest BCUT2D eigenvalue weighted by molar-refractivity contribution is 5.83. The Kier molecular flexibility index (Phi) is 6.21. The highest BCUT2D eigenvalue weighted by atomic mass is 16.2. The number of hydrogen-bond acceptors (Lipinski definition) is 2. The molecule has 0 spiro atoms. The Morgan fingerprint density at radius 1 is 0.882 bits per heavy atom. The van der Waals surface area contributed by atoms with Gasteiger partial charge in [-0.2, -0.15) is 0 Å². The summed E-state index contributed by atoms with van der Waals surface area (Å²) >= 11 is 0. The second-order valence-electron chi connectivity index (χ2n) is 5.12. The first-order valence-corrected chi connectivity index (χ1v) is 6.39. The number of amides is 2. The van der Waals surface area contributed by atoms with E-state index in [9.17, 15) is 9.59 Å². The van der Waals surface area contributed by atoms with Gasteiger partial charge in [-0.05, 0) is 27.7 Å². The smallest absolute Gasteiger partial charge is 0.243 e. The van der Waals surface area contributed by atoms with Gasteiger partial charge in [0, 0.05) is 24.4 Å². The topological polar surface area (TPSA) is 40.6 Å². The van der Waals surface area contributed by atoms with Gasteiger partial charge in [-0.1, -0.05) is 20.8 Å². The van der Waals surface area contributed by atoms with Crippen molar-refractivity contribution in [1.82, 2.24) is 10.0 Å². The molecule has 4 nitrogen and oxygen atoms in total. The average Bonchev–Trinajstić information content (AvgIpc) is 2.22. The maximum Gasteiger partial charge on any atom is 0.243 e. The second kappa shape index (κ2) is 6.62. The first-order valence-electron chi connectivity index (χ1n) is 6.39. The fraction of sp³-hybridized carbons (Fsp3) is 0.846. The van der Waals surface area contributed by atoms with Gasteiger partial charge >= 0.3 is 0 Å². The van der Waals surface area contributed by atoms with Crippen molar-refractivity contribution in [3.63, 3.8) is 0 Å². The molecule has 0 bridgehead atoms. The van der Waals surface area contributed by atoms with Crippen LogP contribution in [0.15, 0.2) is 0 Å². The molecule has 0 saturated heterocycles. The molecule has 0 aliphatic carbocycles. The molecular weight excluding hydrogens is 216 g/mol. The Bertz CT molecular complexity index is 273. The van der Waals surface area contributed by atoms with Gasteiger partial charge in [-0.3, -0.25) is 9.59 Å². The van der Waals surface area contributed by atoms with E-state index in [0.717, 1.165) is 0 Å². The minimum absolute atomic E-state index is 0.00417. The van der Waals surface area contributed by atoms with E-state index in [1.165, 1.54) is 0 Å². The van der Waals surface area contributed by atoms with Gasteiger partial charge in [0.1, 0.15) is 0 Å². The molecule has 0 heterocycles.